The number of phenolic OH excluding ortho intramolecular Hbond substituents is 1. The van der Waals surface area contributed by atoms with Gasteiger partial charge in [-0.2, -0.15) is 0 Å². The van der Waals surface area contributed by atoms with E-state index in [0.29, 0.717) is 5.75 Å². The molecule has 23 heavy (non-hydrogen) atoms. The molecule has 0 radical (unpaired) electrons. The summed E-state index contributed by atoms with van der Waals surface area (Å²) in [6, 6.07) is 14.6. The van der Waals surface area contributed by atoms with Crippen LogP contribution in [0.25, 0.3) is 0 Å². The van der Waals surface area contributed by atoms with Crippen molar-refractivity contribution in [1.29, 1.82) is 0 Å². The molecule has 0 bridgehead atoms. The third-order valence-electron chi connectivity index (χ3n) is 5.82. The summed E-state index contributed by atoms with van der Waals surface area (Å²) in [6.45, 7) is 0.982. The Morgan fingerprint density at radius 2 is 1.87 bits per heavy atom. The number of phenols is 1. The maximum absolute atomic E-state index is 10.6. The zero-order valence-corrected chi connectivity index (χ0v) is 14.2. The van der Waals surface area contributed by atoms with Crippen molar-refractivity contribution in [3.05, 3.63) is 64.2 Å². The van der Waals surface area contributed by atoms with Crippen LogP contribution in [0.2, 0.25) is 5.02 Å². The first-order chi connectivity index (χ1) is 11.1. The van der Waals surface area contributed by atoms with Gasteiger partial charge in [-0.3, -0.25) is 4.90 Å². The van der Waals surface area contributed by atoms with E-state index in [1.807, 2.05) is 6.07 Å². The van der Waals surface area contributed by atoms with Crippen molar-refractivity contribution in [2.75, 3.05) is 13.6 Å². The number of halogens is 1. The normalized spacial score (nSPS) is 23.1. The van der Waals surface area contributed by atoms with Crippen molar-refractivity contribution in [3.8, 4) is 5.75 Å². The van der Waals surface area contributed by atoms with Crippen LogP contribution in [0, 0.1) is 0 Å². The molecular weight excluding hydrogens is 306 g/mol. The van der Waals surface area contributed by atoms with E-state index < -0.39 is 0 Å². The van der Waals surface area contributed by atoms with E-state index in [9.17, 15) is 5.11 Å². The predicted octanol–water partition coefficient (Wildman–Crippen LogP) is 4.70. The van der Waals surface area contributed by atoms with Crippen molar-refractivity contribution < 1.29 is 5.11 Å². The Labute approximate surface area is 142 Å². The summed E-state index contributed by atoms with van der Waals surface area (Å²) in [5.74, 6) is 0.392. The fourth-order valence-corrected chi connectivity index (χ4v) is 4.83. The van der Waals surface area contributed by atoms with E-state index in [4.69, 9.17) is 11.6 Å². The second-order valence-electron chi connectivity index (χ2n) is 6.97. The minimum Gasteiger partial charge on any atom is -0.508 e. The summed E-state index contributed by atoms with van der Waals surface area (Å²) < 4.78 is 0. The first-order valence-electron chi connectivity index (χ1n) is 8.39. The van der Waals surface area contributed by atoms with Crippen LogP contribution in [0.1, 0.15) is 42.0 Å². The van der Waals surface area contributed by atoms with Crippen molar-refractivity contribution in [3.63, 3.8) is 0 Å². The van der Waals surface area contributed by atoms with Gasteiger partial charge in [-0.1, -0.05) is 48.4 Å². The molecule has 1 N–H and O–H groups in total. The van der Waals surface area contributed by atoms with E-state index in [1.54, 1.807) is 6.07 Å². The molecule has 1 unspecified atom stereocenters. The summed E-state index contributed by atoms with van der Waals surface area (Å²) in [7, 11) is 2.18. The van der Waals surface area contributed by atoms with Crippen LogP contribution in [0.5, 0.6) is 5.75 Å². The van der Waals surface area contributed by atoms with Gasteiger partial charge in [0.1, 0.15) is 5.75 Å². The lowest BCUT2D eigenvalue weighted by molar-refractivity contribution is 0.0698. The Balaban J connectivity index is 1.90. The molecule has 0 spiro atoms. The van der Waals surface area contributed by atoms with Gasteiger partial charge in [0, 0.05) is 28.6 Å². The minimum absolute atomic E-state index is 0.0906. The molecule has 0 aromatic heterocycles. The molecule has 1 aliphatic heterocycles. The molecule has 1 heterocycles. The molecule has 1 atom stereocenters. The molecule has 1 fully saturated rings. The Morgan fingerprint density at radius 3 is 2.52 bits per heavy atom. The lowest BCUT2D eigenvalue weighted by Gasteiger charge is -2.53. The fraction of sp³-hybridized carbons (Fsp3) is 0.400. The van der Waals surface area contributed by atoms with E-state index >= 15 is 0 Å². The second-order valence-corrected chi connectivity index (χ2v) is 7.37. The average molecular weight is 328 g/mol. The lowest BCUT2D eigenvalue weighted by atomic mass is 9.57. The first kappa shape index (κ1) is 15.0. The Bertz CT molecular complexity index is 724. The SMILES string of the molecule is CN1CCc2c(Cl)ccc(O)c2C1C1(c2ccccc2)CCC1. The number of aromatic hydroxyl groups is 1. The summed E-state index contributed by atoms with van der Waals surface area (Å²) in [5.41, 5.74) is 3.66. The molecule has 1 saturated carbocycles. The highest BCUT2D eigenvalue weighted by Gasteiger charge is 2.50. The van der Waals surface area contributed by atoms with Crippen LogP contribution >= 0.6 is 11.6 Å². The van der Waals surface area contributed by atoms with Gasteiger partial charge < -0.3 is 5.11 Å². The van der Waals surface area contributed by atoms with Gasteiger partial charge in [-0.05, 0) is 49.6 Å². The minimum atomic E-state index is 0.0906. The van der Waals surface area contributed by atoms with Crippen molar-refractivity contribution in [1.82, 2.24) is 4.90 Å². The first-order valence-corrected chi connectivity index (χ1v) is 8.77. The van der Waals surface area contributed by atoms with Crippen LogP contribution < -0.4 is 0 Å². The van der Waals surface area contributed by atoms with Crippen molar-refractivity contribution >= 4 is 11.6 Å². The van der Waals surface area contributed by atoms with Gasteiger partial charge in [-0.15, -0.1) is 0 Å². The van der Waals surface area contributed by atoms with Crippen molar-refractivity contribution in [2.45, 2.75) is 37.1 Å². The summed E-state index contributed by atoms with van der Waals surface area (Å²) in [6.07, 6.45) is 4.48. The summed E-state index contributed by atoms with van der Waals surface area (Å²) in [4.78, 5) is 2.41. The largest absolute Gasteiger partial charge is 0.508 e. The van der Waals surface area contributed by atoms with E-state index in [2.05, 4.69) is 42.3 Å². The topological polar surface area (TPSA) is 23.5 Å². The van der Waals surface area contributed by atoms with Crippen LogP contribution in [0.3, 0.4) is 0 Å². The highest BCUT2D eigenvalue weighted by Crippen LogP contribution is 2.57. The zero-order chi connectivity index (χ0) is 16.0. The molecule has 0 saturated heterocycles. The molecule has 120 valence electrons. The molecule has 2 aromatic carbocycles. The quantitative estimate of drug-likeness (QED) is 0.864. The van der Waals surface area contributed by atoms with Gasteiger partial charge in [-0.25, -0.2) is 0 Å². The summed E-state index contributed by atoms with van der Waals surface area (Å²) in [5, 5.41) is 11.4. The molecular formula is C20H22ClNO. The maximum atomic E-state index is 10.6. The van der Waals surface area contributed by atoms with Crippen LogP contribution in [0.4, 0.5) is 0 Å². The Morgan fingerprint density at radius 1 is 1.13 bits per heavy atom. The molecule has 1 aliphatic carbocycles. The molecule has 4 rings (SSSR count). The predicted molar refractivity (Wildman–Crippen MR) is 94.2 cm³/mol. The molecule has 2 nitrogen and oxygen atoms in total. The van der Waals surface area contributed by atoms with Gasteiger partial charge in [0.05, 0.1) is 0 Å². The molecule has 3 heteroatoms. The van der Waals surface area contributed by atoms with Crippen molar-refractivity contribution in [2.24, 2.45) is 0 Å². The monoisotopic (exact) mass is 327 g/mol. The number of nitrogens with zero attached hydrogens (tertiary/aromatic N) is 1. The number of hydrogen-bond donors (Lipinski definition) is 1. The van der Waals surface area contributed by atoms with Crippen LogP contribution in [0.15, 0.2) is 42.5 Å². The summed E-state index contributed by atoms with van der Waals surface area (Å²) >= 11 is 6.45. The standard InChI is InChI=1S/C20H22ClNO/c1-22-13-10-15-16(21)8-9-17(23)18(15)19(22)20(11-5-12-20)14-6-3-2-4-7-14/h2-4,6-9,19,23H,5,10-13H2,1H3. The Hall–Kier alpha value is -1.51. The molecule has 0 amide bonds. The molecule has 2 aromatic rings. The van der Waals surface area contributed by atoms with E-state index in [1.165, 1.54) is 12.0 Å². The van der Waals surface area contributed by atoms with Gasteiger partial charge in [0.25, 0.3) is 0 Å². The number of rotatable bonds is 2. The van der Waals surface area contributed by atoms with E-state index in [-0.39, 0.29) is 11.5 Å². The maximum Gasteiger partial charge on any atom is 0.120 e. The lowest BCUT2D eigenvalue weighted by Crippen LogP contribution is -2.49. The third-order valence-corrected chi connectivity index (χ3v) is 6.18. The number of fused-ring (bicyclic) bond motifs is 1. The smallest absolute Gasteiger partial charge is 0.120 e. The third kappa shape index (κ3) is 2.20. The highest BCUT2D eigenvalue weighted by atomic mass is 35.5. The highest BCUT2D eigenvalue weighted by molar-refractivity contribution is 6.31. The second kappa shape index (κ2) is 5.54. The number of hydrogen-bond acceptors (Lipinski definition) is 2. The molecule has 2 aliphatic rings. The van der Waals surface area contributed by atoms with Gasteiger partial charge >= 0.3 is 0 Å². The average Bonchev–Trinajstić information content (AvgIpc) is 2.53. The van der Waals surface area contributed by atoms with Gasteiger partial charge in [0.2, 0.25) is 0 Å². The Kier molecular flexibility index (Phi) is 3.62. The fourth-order valence-electron chi connectivity index (χ4n) is 4.57. The number of likely N-dealkylation sites (N-methyl/N-ethyl adjacent to an activating group) is 1. The zero-order valence-electron chi connectivity index (χ0n) is 13.4. The number of benzene rings is 2. The van der Waals surface area contributed by atoms with Crippen LogP contribution in [-0.4, -0.2) is 23.6 Å². The van der Waals surface area contributed by atoms with Gasteiger partial charge in [0.15, 0.2) is 0 Å². The van der Waals surface area contributed by atoms with E-state index in [0.717, 1.165) is 42.0 Å². The van der Waals surface area contributed by atoms with Crippen LogP contribution in [-0.2, 0) is 11.8 Å².